The van der Waals surface area contributed by atoms with Crippen LogP contribution in [0.4, 0.5) is 5.13 Å². The molecule has 0 saturated carbocycles. The van der Waals surface area contributed by atoms with Gasteiger partial charge >= 0.3 is 0 Å². The molecule has 0 aliphatic carbocycles. The third kappa shape index (κ3) is 2.98. The van der Waals surface area contributed by atoms with Crippen LogP contribution in [0.1, 0.15) is 13.3 Å². The summed E-state index contributed by atoms with van der Waals surface area (Å²) in [7, 11) is 0. The lowest BCUT2D eigenvalue weighted by atomic mass is 10.0. The van der Waals surface area contributed by atoms with Crippen LogP contribution in [0.2, 0.25) is 0 Å². The molecule has 0 bridgehead atoms. The summed E-state index contributed by atoms with van der Waals surface area (Å²) in [5.41, 5.74) is 0.943. The van der Waals surface area contributed by atoms with E-state index in [1.165, 1.54) is 11.3 Å². The van der Waals surface area contributed by atoms with Crippen LogP contribution in [0.25, 0.3) is 10.2 Å². The van der Waals surface area contributed by atoms with E-state index in [0.717, 1.165) is 29.7 Å². The molecule has 1 saturated heterocycles. The maximum absolute atomic E-state index is 12.0. The average Bonchev–Trinajstić information content (AvgIpc) is 3.03. The molecule has 2 heterocycles. The molecule has 1 unspecified atom stereocenters. The van der Waals surface area contributed by atoms with Crippen molar-refractivity contribution in [2.24, 2.45) is 0 Å². The standard InChI is InChI=1S/C14H18N4OS/c1-14(6-7-15-9-14)16-8-12(19)18-13-17-10-4-2-3-5-11(10)20-13/h2-5,15-16H,6-9H2,1H3,(H,17,18,19). The lowest BCUT2D eigenvalue weighted by Crippen LogP contribution is -2.47. The number of thiazole rings is 1. The van der Waals surface area contributed by atoms with Gasteiger partial charge in [-0.05, 0) is 32.0 Å². The van der Waals surface area contributed by atoms with E-state index in [2.05, 4.69) is 27.9 Å². The van der Waals surface area contributed by atoms with Gasteiger partial charge in [-0.15, -0.1) is 0 Å². The lowest BCUT2D eigenvalue weighted by Gasteiger charge is -2.23. The number of carbonyl (C=O) groups excluding carboxylic acids is 1. The van der Waals surface area contributed by atoms with Crippen molar-refractivity contribution in [2.75, 3.05) is 25.0 Å². The van der Waals surface area contributed by atoms with Gasteiger partial charge in [0.1, 0.15) is 0 Å². The van der Waals surface area contributed by atoms with Gasteiger partial charge in [-0.2, -0.15) is 0 Å². The van der Waals surface area contributed by atoms with Crippen molar-refractivity contribution in [3.05, 3.63) is 24.3 Å². The molecule has 6 heteroatoms. The second-order valence-corrected chi connectivity index (χ2v) is 6.41. The Morgan fingerprint density at radius 2 is 2.35 bits per heavy atom. The third-order valence-electron chi connectivity index (χ3n) is 3.58. The molecule has 106 valence electrons. The van der Waals surface area contributed by atoms with Gasteiger partial charge < -0.3 is 16.0 Å². The monoisotopic (exact) mass is 290 g/mol. The summed E-state index contributed by atoms with van der Waals surface area (Å²) in [5.74, 6) is -0.0443. The van der Waals surface area contributed by atoms with Crippen molar-refractivity contribution >= 4 is 32.6 Å². The zero-order chi connectivity index (χ0) is 14.0. The van der Waals surface area contributed by atoms with Crippen molar-refractivity contribution in [1.82, 2.24) is 15.6 Å². The molecule has 1 aliphatic heterocycles. The Morgan fingerprint density at radius 1 is 1.50 bits per heavy atom. The minimum absolute atomic E-state index is 0.0188. The van der Waals surface area contributed by atoms with Crippen molar-refractivity contribution < 1.29 is 4.79 Å². The summed E-state index contributed by atoms with van der Waals surface area (Å²) < 4.78 is 1.09. The average molecular weight is 290 g/mol. The molecule has 1 aromatic heterocycles. The number of aromatic nitrogens is 1. The number of hydrogen-bond acceptors (Lipinski definition) is 5. The Labute approximate surface area is 121 Å². The number of benzene rings is 1. The van der Waals surface area contributed by atoms with E-state index in [0.29, 0.717) is 11.7 Å². The molecule has 1 aromatic carbocycles. The Kier molecular flexibility index (Phi) is 3.69. The van der Waals surface area contributed by atoms with Gasteiger partial charge in [0.15, 0.2) is 5.13 Å². The van der Waals surface area contributed by atoms with Crippen LogP contribution in [0, 0.1) is 0 Å². The normalized spacial score (nSPS) is 22.2. The summed E-state index contributed by atoms with van der Waals surface area (Å²) in [4.78, 5) is 16.4. The number of nitrogens with zero attached hydrogens (tertiary/aromatic N) is 1. The van der Waals surface area contributed by atoms with Crippen molar-refractivity contribution in [1.29, 1.82) is 0 Å². The fraction of sp³-hybridized carbons (Fsp3) is 0.429. The molecule has 0 spiro atoms. The fourth-order valence-corrected chi connectivity index (χ4v) is 3.23. The highest BCUT2D eigenvalue weighted by Crippen LogP contribution is 2.25. The number of hydrogen-bond donors (Lipinski definition) is 3. The minimum Gasteiger partial charge on any atom is -0.315 e. The quantitative estimate of drug-likeness (QED) is 0.800. The Morgan fingerprint density at radius 3 is 3.10 bits per heavy atom. The fourth-order valence-electron chi connectivity index (χ4n) is 2.35. The van der Waals surface area contributed by atoms with Gasteiger partial charge in [0.2, 0.25) is 5.91 Å². The Hall–Kier alpha value is -1.50. The summed E-state index contributed by atoms with van der Waals surface area (Å²) in [6.45, 7) is 4.36. The number of amides is 1. The molecule has 3 N–H and O–H groups in total. The smallest absolute Gasteiger partial charge is 0.240 e. The lowest BCUT2D eigenvalue weighted by molar-refractivity contribution is -0.115. The first kappa shape index (κ1) is 13.5. The van der Waals surface area contributed by atoms with E-state index in [1.54, 1.807) is 0 Å². The van der Waals surface area contributed by atoms with Crippen LogP contribution in [0.3, 0.4) is 0 Å². The van der Waals surface area contributed by atoms with Crippen molar-refractivity contribution in [3.8, 4) is 0 Å². The SMILES string of the molecule is CC1(NCC(=O)Nc2nc3ccccc3s2)CCNC1. The van der Waals surface area contributed by atoms with Crippen LogP contribution in [-0.2, 0) is 4.79 Å². The van der Waals surface area contributed by atoms with E-state index >= 15 is 0 Å². The number of para-hydroxylation sites is 1. The zero-order valence-corrected chi connectivity index (χ0v) is 12.2. The molecule has 5 nitrogen and oxygen atoms in total. The van der Waals surface area contributed by atoms with E-state index < -0.39 is 0 Å². The summed E-state index contributed by atoms with van der Waals surface area (Å²) in [6, 6.07) is 7.88. The molecule has 0 radical (unpaired) electrons. The minimum atomic E-state index is -0.0443. The molecule has 1 aliphatic rings. The van der Waals surface area contributed by atoms with Crippen LogP contribution in [0.15, 0.2) is 24.3 Å². The van der Waals surface area contributed by atoms with Crippen molar-refractivity contribution in [2.45, 2.75) is 18.9 Å². The van der Waals surface area contributed by atoms with E-state index in [1.807, 2.05) is 24.3 Å². The maximum atomic E-state index is 12.0. The Balaban J connectivity index is 1.58. The first-order valence-corrected chi connectivity index (χ1v) is 7.57. The topological polar surface area (TPSA) is 66.0 Å². The largest absolute Gasteiger partial charge is 0.315 e. The van der Waals surface area contributed by atoms with E-state index in [9.17, 15) is 4.79 Å². The molecule has 1 atom stereocenters. The summed E-state index contributed by atoms with van der Waals surface area (Å²) in [6.07, 6.45) is 1.04. The maximum Gasteiger partial charge on any atom is 0.240 e. The Bertz CT molecular complexity index is 585. The summed E-state index contributed by atoms with van der Waals surface area (Å²) in [5, 5.41) is 10.1. The van der Waals surface area contributed by atoms with Gasteiger partial charge in [-0.3, -0.25) is 4.79 Å². The first-order valence-electron chi connectivity index (χ1n) is 6.76. The number of carbonyl (C=O) groups is 1. The predicted molar refractivity (Wildman–Crippen MR) is 82.1 cm³/mol. The van der Waals surface area contributed by atoms with Crippen LogP contribution < -0.4 is 16.0 Å². The molecule has 2 aromatic rings. The van der Waals surface area contributed by atoms with Gasteiger partial charge in [0.05, 0.1) is 16.8 Å². The number of anilines is 1. The zero-order valence-electron chi connectivity index (χ0n) is 11.4. The molecule has 20 heavy (non-hydrogen) atoms. The summed E-state index contributed by atoms with van der Waals surface area (Å²) >= 11 is 1.50. The van der Waals surface area contributed by atoms with Crippen LogP contribution in [0.5, 0.6) is 0 Å². The predicted octanol–water partition coefficient (Wildman–Crippen LogP) is 1.58. The highest BCUT2D eigenvalue weighted by Gasteiger charge is 2.28. The second-order valence-electron chi connectivity index (χ2n) is 5.38. The second kappa shape index (κ2) is 5.47. The third-order valence-corrected chi connectivity index (χ3v) is 4.54. The van der Waals surface area contributed by atoms with Gasteiger partial charge in [-0.25, -0.2) is 4.98 Å². The number of nitrogens with one attached hydrogen (secondary N) is 3. The van der Waals surface area contributed by atoms with Crippen LogP contribution in [-0.4, -0.2) is 36.1 Å². The van der Waals surface area contributed by atoms with Gasteiger partial charge in [0.25, 0.3) is 0 Å². The number of fused-ring (bicyclic) bond motifs is 1. The van der Waals surface area contributed by atoms with Crippen LogP contribution >= 0.6 is 11.3 Å². The van der Waals surface area contributed by atoms with Gasteiger partial charge in [0, 0.05) is 12.1 Å². The molecular weight excluding hydrogens is 272 g/mol. The van der Waals surface area contributed by atoms with Gasteiger partial charge in [-0.1, -0.05) is 23.5 Å². The van der Waals surface area contributed by atoms with E-state index in [4.69, 9.17) is 0 Å². The molecule has 3 rings (SSSR count). The molecule has 1 fully saturated rings. The highest BCUT2D eigenvalue weighted by atomic mass is 32.1. The molecule has 1 amide bonds. The van der Waals surface area contributed by atoms with Crippen molar-refractivity contribution in [3.63, 3.8) is 0 Å². The number of rotatable bonds is 4. The highest BCUT2D eigenvalue weighted by molar-refractivity contribution is 7.22. The molecular formula is C14H18N4OS. The first-order chi connectivity index (χ1) is 9.65. The van der Waals surface area contributed by atoms with E-state index in [-0.39, 0.29) is 11.4 Å².